The van der Waals surface area contributed by atoms with Crippen LogP contribution in [0.2, 0.25) is 0 Å². The molecule has 0 spiro atoms. The van der Waals surface area contributed by atoms with Gasteiger partial charge in [-0.1, -0.05) is 78.5 Å². The topological polar surface area (TPSA) is 73.8 Å². The van der Waals surface area contributed by atoms with E-state index >= 15 is 0 Å². The van der Waals surface area contributed by atoms with Crippen molar-refractivity contribution in [1.82, 2.24) is 19.7 Å². The highest BCUT2D eigenvalue weighted by molar-refractivity contribution is 7.98. The fraction of sp³-hybridized carbons (Fsp3) is 0.120. The Bertz CT molecular complexity index is 1460. The molecule has 164 valence electrons. The lowest BCUT2D eigenvalue weighted by atomic mass is 10.2. The summed E-state index contributed by atoms with van der Waals surface area (Å²) < 4.78 is 7.45. The summed E-state index contributed by atoms with van der Waals surface area (Å²) in [6, 6.07) is 21.9. The molecule has 6 nitrogen and oxygen atoms in total. The predicted octanol–water partition coefficient (Wildman–Crippen LogP) is 5.58. The number of allylic oxidation sites excluding steroid dienone is 1. The van der Waals surface area contributed by atoms with Crippen molar-refractivity contribution in [3.63, 3.8) is 0 Å². The Labute approximate surface area is 198 Å². The van der Waals surface area contributed by atoms with E-state index in [1.807, 2.05) is 66.7 Å². The van der Waals surface area contributed by atoms with E-state index in [-0.39, 0.29) is 5.56 Å². The van der Waals surface area contributed by atoms with E-state index in [2.05, 4.69) is 16.8 Å². The number of thioether (sulfide) groups is 1. The maximum absolute atomic E-state index is 13.2. The van der Waals surface area contributed by atoms with Gasteiger partial charge < -0.3 is 4.42 Å². The van der Waals surface area contributed by atoms with Crippen molar-refractivity contribution in [2.45, 2.75) is 23.9 Å². The van der Waals surface area contributed by atoms with E-state index in [4.69, 9.17) is 9.40 Å². The van der Waals surface area contributed by atoms with Crippen molar-refractivity contribution in [1.29, 1.82) is 0 Å². The van der Waals surface area contributed by atoms with Crippen LogP contribution in [-0.4, -0.2) is 19.7 Å². The standard InChI is InChI=1S/C25H20N4O2S2/c1-2-13-29-24(30)19-15-20(18-11-7-4-8-12-18)33-23(19)26-25(29)32-16-22-28-27-21(31-22)14-17-9-5-3-6-10-17/h2-12,15H,1,13-14,16H2. The SMILES string of the molecule is C=CCn1c(SCc2nnc(Cc3ccccc3)o2)nc2sc(-c3ccccc3)cc2c1=O. The number of benzene rings is 2. The normalized spacial score (nSPS) is 11.2. The molecule has 8 heteroatoms. The molecule has 0 unspecified atom stereocenters. The summed E-state index contributed by atoms with van der Waals surface area (Å²) in [5.74, 6) is 1.49. The van der Waals surface area contributed by atoms with E-state index in [0.29, 0.717) is 41.0 Å². The third kappa shape index (κ3) is 4.67. The maximum atomic E-state index is 13.2. The number of hydrogen-bond donors (Lipinski definition) is 0. The molecule has 0 saturated heterocycles. The van der Waals surface area contributed by atoms with Crippen molar-refractivity contribution in [3.8, 4) is 10.4 Å². The molecular weight excluding hydrogens is 452 g/mol. The number of aromatic nitrogens is 4. The minimum absolute atomic E-state index is 0.0730. The second-order valence-corrected chi connectivity index (χ2v) is 9.31. The quantitative estimate of drug-likeness (QED) is 0.167. The van der Waals surface area contributed by atoms with Crippen LogP contribution in [0.3, 0.4) is 0 Å². The van der Waals surface area contributed by atoms with Crippen LogP contribution in [0.15, 0.2) is 93.8 Å². The van der Waals surface area contributed by atoms with Crippen molar-refractivity contribution in [2.75, 3.05) is 0 Å². The Morgan fingerprint density at radius 3 is 2.52 bits per heavy atom. The summed E-state index contributed by atoms with van der Waals surface area (Å²) in [4.78, 5) is 19.8. The van der Waals surface area contributed by atoms with Crippen LogP contribution in [0.5, 0.6) is 0 Å². The molecule has 33 heavy (non-hydrogen) atoms. The monoisotopic (exact) mass is 472 g/mol. The smallest absolute Gasteiger partial charge is 0.263 e. The molecule has 3 aromatic heterocycles. The van der Waals surface area contributed by atoms with Gasteiger partial charge in [0, 0.05) is 11.4 Å². The van der Waals surface area contributed by atoms with Gasteiger partial charge in [-0.2, -0.15) is 0 Å². The molecule has 0 aliphatic carbocycles. The molecule has 0 aliphatic heterocycles. The second kappa shape index (κ2) is 9.56. The molecule has 0 radical (unpaired) electrons. The highest BCUT2D eigenvalue weighted by Gasteiger charge is 2.16. The highest BCUT2D eigenvalue weighted by Crippen LogP contribution is 2.32. The van der Waals surface area contributed by atoms with E-state index < -0.39 is 0 Å². The first-order valence-corrected chi connectivity index (χ1v) is 12.2. The van der Waals surface area contributed by atoms with Crippen LogP contribution in [-0.2, 0) is 18.7 Å². The zero-order chi connectivity index (χ0) is 22.6. The molecule has 3 heterocycles. The van der Waals surface area contributed by atoms with Gasteiger partial charge in [0.2, 0.25) is 11.8 Å². The summed E-state index contributed by atoms with van der Waals surface area (Å²) in [6.07, 6.45) is 2.29. The largest absolute Gasteiger partial charge is 0.424 e. The number of rotatable bonds is 8. The van der Waals surface area contributed by atoms with Crippen molar-refractivity contribution in [3.05, 3.63) is 107 Å². The van der Waals surface area contributed by atoms with Gasteiger partial charge in [0.05, 0.1) is 17.6 Å². The third-order valence-electron chi connectivity index (χ3n) is 5.02. The Balaban J connectivity index is 1.41. The predicted molar refractivity (Wildman–Crippen MR) is 133 cm³/mol. The Kier molecular flexibility index (Phi) is 6.19. The van der Waals surface area contributed by atoms with Gasteiger partial charge in [0.15, 0.2) is 5.16 Å². The molecule has 0 amide bonds. The zero-order valence-electron chi connectivity index (χ0n) is 17.7. The summed E-state index contributed by atoms with van der Waals surface area (Å²) in [5.41, 5.74) is 2.11. The van der Waals surface area contributed by atoms with Gasteiger partial charge >= 0.3 is 0 Å². The van der Waals surface area contributed by atoms with Crippen molar-refractivity contribution in [2.24, 2.45) is 0 Å². The lowest BCUT2D eigenvalue weighted by molar-refractivity contribution is 0.473. The van der Waals surface area contributed by atoms with Crippen molar-refractivity contribution < 1.29 is 4.42 Å². The van der Waals surface area contributed by atoms with Crippen LogP contribution in [0.4, 0.5) is 0 Å². The van der Waals surface area contributed by atoms with E-state index in [9.17, 15) is 4.79 Å². The minimum atomic E-state index is -0.0730. The Morgan fingerprint density at radius 1 is 1.03 bits per heavy atom. The first-order chi connectivity index (χ1) is 16.2. The Morgan fingerprint density at radius 2 is 1.76 bits per heavy atom. The van der Waals surface area contributed by atoms with Crippen LogP contribution < -0.4 is 5.56 Å². The lowest BCUT2D eigenvalue weighted by Gasteiger charge is -2.08. The molecule has 0 bridgehead atoms. The van der Waals surface area contributed by atoms with Crippen LogP contribution in [0.1, 0.15) is 17.3 Å². The van der Waals surface area contributed by atoms with Gasteiger partial charge in [-0.05, 0) is 17.2 Å². The minimum Gasteiger partial charge on any atom is -0.424 e. The van der Waals surface area contributed by atoms with Gasteiger partial charge in [0.1, 0.15) is 4.83 Å². The van der Waals surface area contributed by atoms with Gasteiger partial charge in [-0.25, -0.2) is 4.98 Å². The first-order valence-electron chi connectivity index (χ1n) is 10.4. The molecule has 0 saturated carbocycles. The molecule has 5 aromatic rings. The summed E-state index contributed by atoms with van der Waals surface area (Å²) in [7, 11) is 0. The molecular formula is C25H20N4O2S2. The Hall–Kier alpha value is -3.49. The fourth-order valence-electron chi connectivity index (χ4n) is 3.46. The van der Waals surface area contributed by atoms with Crippen molar-refractivity contribution >= 4 is 33.3 Å². The maximum Gasteiger partial charge on any atom is 0.263 e. The lowest BCUT2D eigenvalue weighted by Crippen LogP contribution is -2.22. The van der Waals surface area contributed by atoms with Gasteiger partial charge in [0.25, 0.3) is 5.56 Å². The van der Waals surface area contributed by atoms with Gasteiger partial charge in [-0.15, -0.1) is 28.1 Å². The molecule has 0 fully saturated rings. The number of fused-ring (bicyclic) bond motifs is 1. The number of hydrogen-bond acceptors (Lipinski definition) is 7. The van der Waals surface area contributed by atoms with E-state index in [1.54, 1.807) is 10.6 Å². The van der Waals surface area contributed by atoms with Gasteiger partial charge in [-0.3, -0.25) is 9.36 Å². The number of nitrogens with zero attached hydrogens (tertiary/aromatic N) is 4. The highest BCUT2D eigenvalue weighted by atomic mass is 32.2. The summed E-state index contributed by atoms with van der Waals surface area (Å²) >= 11 is 2.93. The average molecular weight is 473 g/mol. The summed E-state index contributed by atoms with van der Waals surface area (Å²) in [5, 5.41) is 9.54. The summed E-state index contributed by atoms with van der Waals surface area (Å²) in [6.45, 7) is 4.18. The first kappa shape index (κ1) is 21.4. The molecule has 0 atom stereocenters. The number of thiophene rings is 1. The molecule has 0 aliphatic rings. The van der Waals surface area contributed by atoms with E-state index in [0.717, 1.165) is 20.8 Å². The molecule has 0 N–H and O–H groups in total. The average Bonchev–Trinajstić information content (AvgIpc) is 3.48. The van der Waals surface area contributed by atoms with Crippen LogP contribution in [0, 0.1) is 0 Å². The third-order valence-corrected chi connectivity index (χ3v) is 7.06. The fourth-order valence-corrected chi connectivity index (χ4v) is 5.38. The second-order valence-electron chi connectivity index (χ2n) is 7.33. The molecule has 5 rings (SSSR count). The van der Waals surface area contributed by atoms with Crippen LogP contribution >= 0.6 is 23.1 Å². The van der Waals surface area contributed by atoms with E-state index in [1.165, 1.54) is 23.1 Å². The van der Waals surface area contributed by atoms with Crippen LogP contribution in [0.25, 0.3) is 20.7 Å². The molecule has 2 aromatic carbocycles. The zero-order valence-corrected chi connectivity index (χ0v) is 19.3.